The van der Waals surface area contributed by atoms with E-state index in [0.29, 0.717) is 6.42 Å². The summed E-state index contributed by atoms with van der Waals surface area (Å²) in [5.41, 5.74) is 6.00. The number of aryl methyl sites for hydroxylation is 1. The molecular formula is C13H19FN2O2. The lowest BCUT2D eigenvalue weighted by molar-refractivity contribution is -0.122. The molecule has 0 saturated carbocycles. The quantitative estimate of drug-likeness (QED) is 0.576. The van der Waals surface area contributed by atoms with E-state index in [1.165, 1.54) is 13.2 Å². The van der Waals surface area contributed by atoms with Crippen molar-refractivity contribution in [2.75, 3.05) is 14.2 Å². The van der Waals surface area contributed by atoms with Gasteiger partial charge in [-0.1, -0.05) is 6.07 Å². The molecule has 1 aromatic rings. The Hall–Kier alpha value is -1.62. The molecule has 0 aliphatic rings. The number of benzene rings is 1. The smallest absolute Gasteiger partial charge is 0.234 e. The fourth-order valence-corrected chi connectivity index (χ4v) is 1.68. The third-order valence-electron chi connectivity index (χ3n) is 2.60. The number of methoxy groups -OCH3 is 1. The first-order valence-corrected chi connectivity index (χ1v) is 5.95. The summed E-state index contributed by atoms with van der Waals surface area (Å²) >= 11 is 0. The lowest BCUT2D eigenvalue weighted by Gasteiger charge is -2.05. The topological polar surface area (TPSA) is 50.4 Å². The summed E-state index contributed by atoms with van der Waals surface area (Å²) in [5, 5.41) is 0. The van der Waals surface area contributed by atoms with Crippen LogP contribution in [-0.2, 0) is 11.2 Å². The molecular weight excluding hydrogens is 235 g/mol. The monoisotopic (exact) mass is 254 g/mol. The van der Waals surface area contributed by atoms with Crippen LogP contribution in [0.15, 0.2) is 18.2 Å². The highest BCUT2D eigenvalue weighted by Crippen LogP contribution is 2.18. The minimum Gasteiger partial charge on any atom is -0.494 e. The maximum atomic E-state index is 13.4. The van der Waals surface area contributed by atoms with Crippen molar-refractivity contribution in [2.45, 2.75) is 25.7 Å². The lowest BCUT2D eigenvalue weighted by Crippen LogP contribution is -2.33. The summed E-state index contributed by atoms with van der Waals surface area (Å²) in [6, 6.07) is 4.94. The van der Waals surface area contributed by atoms with Gasteiger partial charge < -0.3 is 4.74 Å². The number of hydrogen-bond acceptors (Lipinski definition) is 3. The van der Waals surface area contributed by atoms with E-state index in [2.05, 4.69) is 10.9 Å². The largest absolute Gasteiger partial charge is 0.494 e. The van der Waals surface area contributed by atoms with E-state index < -0.39 is 0 Å². The molecule has 1 rings (SSSR count). The highest BCUT2D eigenvalue weighted by atomic mass is 19.1. The molecule has 0 bridgehead atoms. The molecule has 2 N–H and O–H groups in total. The van der Waals surface area contributed by atoms with Crippen molar-refractivity contribution in [2.24, 2.45) is 0 Å². The van der Waals surface area contributed by atoms with Crippen LogP contribution in [0, 0.1) is 5.82 Å². The normalized spacial score (nSPS) is 10.2. The first-order chi connectivity index (χ1) is 8.67. The van der Waals surface area contributed by atoms with Gasteiger partial charge in [0.1, 0.15) is 0 Å². The SMILES string of the molecule is CNNC(=O)CCCCc1ccc(OC)c(F)c1. The minimum absolute atomic E-state index is 0.0292. The lowest BCUT2D eigenvalue weighted by atomic mass is 10.1. The molecule has 0 aliphatic heterocycles. The molecule has 0 unspecified atom stereocenters. The zero-order valence-electron chi connectivity index (χ0n) is 10.8. The Morgan fingerprint density at radius 3 is 2.78 bits per heavy atom. The van der Waals surface area contributed by atoms with Crippen molar-refractivity contribution >= 4 is 5.91 Å². The van der Waals surface area contributed by atoms with Gasteiger partial charge in [0.2, 0.25) is 5.91 Å². The van der Waals surface area contributed by atoms with Gasteiger partial charge in [-0.15, -0.1) is 0 Å². The Morgan fingerprint density at radius 1 is 1.39 bits per heavy atom. The second-order valence-corrected chi connectivity index (χ2v) is 3.97. The molecule has 0 aromatic heterocycles. The van der Waals surface area contributed by atoms with E-state index in [1.807, 2.05) is 6.07 Å². The molecule has 0 saturated heterocycles. The van der Waals surface area contributed by atoms with Crippen LogP contribution in [0.5, 0.6) is 5.75 Å². The van der Waals surface area contributed by atoms with Crippen LogP contribution in [0.25, 0.3) is 0 Å². The summed E-state index contributed by atoms with van der Waals surface area (Å²) in [6.07, 6.45) is 2.86. The Kier molecular flexibility index (Phi) is 6.14. The number of hydrazine groups is 1. The minimum atomic E-state index is -0.345. The number of amides is 1. The maximum Gasteiger partial charge on any atom is 0.234 e. The van der Waals surface area contributed by atoms with Gasteiger partial charge in [0.05, 0.1) is 7.11 Å². The zero-order chi connectivity index (χ0) is 13.4. The maximum absolute atomic E-state index is 13.4. The Balaban J connectivity index is 2.31. The third kappa shape index (κ3) is 4.71. The van der Waals surface area contributed by atoms with Gasteiger partial charge in [-0.05, 0) is 37.0 Å². The number of nitrogens with one attached hydrogen (secondary N) is 2. The predicted octanol–water partition coefficient (Wildman–Crippen LogP) is 1.80. The van der Waals surface area contributed by atoms with Crippen molar-refractivity contribution < 1.29 is 13.9 Å². The average Bonchev–Trinajstić information content (AvgIpc) is 2.35. The standard InChI is InChI=1S/C13H19FN2O2/c1-15-16-13(17)6-4-3-5-10-7-8-12(18-2)11(14)9-10/h7-9,15H,3-6H2,1-2H3,(H,16,17). The fraction of sp³-hybridized carbons (Fsp3) is 0.462. The number of halogens is 1. The molecule has 0 radical (unpaired) electrons. The van der Waals surface area contributed by atoms with Crippen molar-refractivity contribution in [3.05, 3.63) is 29.6 Å². The van der Waals surface area contributed by atoms with Crippen LogP contribution in [-0.4, -0.2) is 20.1 Å². The number of rotatable bonds is 7. The molecule has 0 heterocycles. The average molecular weight is 254 g/mol. The second-order valence-electron chi connectivity index (χ2n) is 3.97. The van der Waals surface area contributed by atoms with Crippen molar-refractivity contribution in [3.63, 3.8) is 0 Å². The molecule has 1 aromatic carbocycles. The molecule has 4 nitrogen and oxygen atoms in total. The van der Waals surface area contributed by atoms with E-state index in [4.69, 9.17) is 4.74 Å². The Morgan fingerprint density at radius 2 is 2.17 bits per heavy atom. The van der Waals surface area contributed by atoms with Gasteiger partial charge in [-0.2, -0.15) is 0 Å². The molecule has 0 atom stereocenters. The summed E-state index contributed by atoms with van der Waals surface area (Å²) in [7, 11) is 3.09. The molecule has 1 amide bonds. The highest BCUT2D eigenvalue weighted by Gasteiger charge is 2.04. The first kappa shape index (κ1) is 14.4. The number of ether oxygens (including phenoxy) is 1. The zero-order valence-corrected chi connectivity index (χ0v) is 10.8. The van der Waals surface area contributed by atoms with Crippen LogP contribution in [0.3, 0.4) is 0 Å². The van der Waals surface area contributed by atoms with E-state index in [1.54, 1.807) is 13.1 Å². The first-order valence-electron chi connectivity index (χ1n) is 5.95. The van der Waals surface area contributed by atoms with Gasteiger partial charge in [0.15, 0.2) is 11.6 Å². The van der Waals surface area contributed by atoms with E-state index in [0.717, 1.165) is 24.8 Å². The number of unbranched alkanes of at least 4 members (excludes halogenated alkanes) is 1. The number of carbonyl (C=O) groups excluding carboxylic acids is 1. The predicted molar refractivity (Wildman–Crippen MR) is 67.7 cm³/mol. The van der Waals surface area contributed by atoms with Crippen LogP contribution < -0.4 is 15.6 Å². The van der Waals surface area contributed by atoms with E-state index in [9.17, 15) is 9.18 Å². The van der Waals surface area contributed by atoms with Crippen LogP contribution in [0.4, 0.5) is 4.39 Å². The van der Waals surface area contributed by atoms with Crippen LogP contribution in [0.1, 0.15) is 24.8 Å². The summed E-state index contributed by atoms with van der Waals surface area (Å²) < 4.78 is 18.2. The van der Waals surface area contributed by atoms with Gasteiger partial charge in [0, 0.05) is 13.5 Å². The van der Waals surface area contributed by atoms with Crippen molar-refractivity contribution in [3.8, 4) is 5.75 Å². The summed E-state index contributed by atoms with van der Waals surface area (Å²) in [5.74, 6) is -0.117. The van der Waals surface area contributed by atoms with Crippen molar-refractivity contribution in [1.29, 1.82) is 0 Å². The summed E-state index contributed by atoms with van der Waals surface area (Å²) in [6.45, 7) is 0. The van der Waals surface area contributed by atoms with Gasteiger partial charge >= 0.3 is 0 Å². The second kappa shape index (κ2) is 7.66. The Bertz CT molecular complexity index is 397. The van der Waals surface area contributed by atoms with E-state index >= 15 is 0 Å². The molecule has 18 heavy (non-hydrogen) atoms. The Labute approximate surface area is 106 Å². The molecule has 5 heteroatoms. The highest BCUT2D eigenvalue weighted by molar-refractivity contribution is 5.75. The number of hydrogen-bond donors (Lipinski definition) is 2. The van der Waals surface area contributed by atoms with Gasteiger partial charge in [0.25, 0.3) is 0 Å². The van der Waals surface area contributed by atoms with Gasteiger partial charge in [-0.25, -0.2) is 9.82 Å². The van der Waals surface area contributed by atoms with Crippen LogP contribution >= 0.6 is 0 Å². The fourth-order valence-electron chi connectivity index (χ4n) is 1.68. The molecule has 0 aliphatic carbocycles. The molecule has 0 fully saturated rings. The molecule has 100 valence electrons. The van der Waals surface area contributed by atoms with Crippen LogP contribution in [0.2, 0.25) is 0 Å². The van der Waals surface area contributed by atoms with Crippen molar-refractivity contribution in [1.82, 2.24) is 10.9 Å². The third-order valence-corrected chi connectivity index (χ3v) is 2.60. The number of carbonyl (C=O) groups is 1. The van der Waals surface area contributed by atoms with Gasteiger partial charge in [-0.3, -0.25) is 10.2 Å². The summed E-state index contributed by atoms with van der Waals surface area (Å²) in [4.78, 5) is 11.1. The van der Waals surface area contributed by atoms with E-state index in [-0.39, 0.29) is 17.5 Å². The molecule has 0 spiro atoms.